The molecule has 0 aromatic rings. The lowest BCUT2D eigenvalue weighted by atomic mass is 9.87. The van der Waals surface area contributed by atoms with Crippen LogP contribution in [0.1, 0.15) is 41.5 Å². The number of nitriles is 3. The van der Waals surface area contributed by atoms with Crippen molar-refractivity contribution in [2.45, 2.75) is 41.5 Å². The van der Waals surface area contributed by atoms with Crippen LogP contribution in [0, 0.1) is 44.8 Å². The topological polar surface area (TPSA) is 107 Å². The van der Waals surface area contributed by atoms with Gasteiger partial charge in [0.25, 0.3) is 0 Å². The number of hydrogen-bond donors (Lipinski definition) is 1. The predicted molar refractivity (Wildman–Crippen MR) is 119 cm³/mol. The Morgan fingerprint density at radius 2 is 1.33 bits per heavy atom. The van der Waals surface area contributed by atoms with Crippen LogP contribution in [0.5, 0.6) is 0 Å². The van der Waals surface area contributed by atoms with E-state index in [-0.39, 0.29) is 27.7 Å². The predicted octanol–water partition coefficient (Wildman–Crippen LogP) is 5.63. The molecule has 0 saturated heterocycles. The normalized spacial score (nSPS) is 14.9. The first kappa shape index (κ1) is 24.3. The number of nitrogens with zero attached hydrogens (tertiary/aromatic N) is 3. The number of hydrogen-bond acceptors (Lipinski definition) is 5. The summed E-state index contributed by atoms with van der Waals surface area (Å²) in [7, 11) is 0. The van der Waals surface area contributed by atoms with E-state index < -0.39 is 0 Å². The Bertz CT molecular complexity index is 961. The summed E-state index contributed by atoms with van der Waals surface area (Å²) >= 11 is 0. The minimum Gasteiger partial charge on any atom is -0.465 e. The van der Waals surface area contributed by atoms with Crippen LogP contribution in [0.25, 0.3) is 0 Å². The van der Waals surface area contributed by atoms with Crippen molar-refractivity contribution in [3.63, 3.8) is 0 Å². The molecule has 0 aliphatic carbocycles. The highest BCUT2D eigenvalue weighted by atomic mass is 16.5. The van der Waals surface area contributed by atoms with Crippen LogP contribution in [-0.2, 0) is 4.74 Å². The molecule has 1 aliphatic heterocycles. The minimum absolute atomic E-state index is 0.0658. The molecule has 0 aromatic heterocycles. The van der Waals surface area contributed by atoms with Crippen molar-refractivity contribution in [2.75, 3.05) is 0 Å². The maximum atomic E-state index is 9.15. The van der Waals surface area contributed by atoms with Gasteiger partial charge >= 0.3 is 0 Å². The number of ether oxygens (including phenoxy) is 1. The standard InChI is InChI=1S/C25H28N4O/c1-24(2,3)21-13-18(14-22(30-21)25(4,5)6)11-9-7-8-10-12-19(15-26)23(29)20(16-27)17-28/h7-14H,29H2,1-6H3/b9-7+,10-8+,19-12+. The van der Waals surface area contributed by atoms with Gasteiger partial charge < -0.3 is 10.5 Å². The molecule has 2 N–H and O–H groups in total. The summed E-state index contributed by atoms with van der Waals surface area (Å²) in [5, 5.41) is 26.8. The average Bonchev–Trinajstić information content (AvgIpc) is 2.66. The fraction of sp³-hybridized carbons (Fsp3) is 0.320. The molecular formula is C25H28N4O. The Balaban J connectivity index is 3.09. The third kappa shape index (κ3) is 7.01. The van der Waals surface area contributed by atoms with Gasteiger partial charge in [0.2, 0.25) is 0 Å². The molecule has 0 aromatic carbocycles. The fourth-order valence-electron chi connectivity index (χ4n) is 2.27. The molecule has 0 amide bonds. The molecule has 0 fully saturated rings. The van der Waals surface area contributed by atoms with Crippen molar-refractivity contribution in [1.82, 2.24) is 0 Å². The molecular weight excluding hydrogens is 372 g/mol. The Hall–Kier alpha value is -3.75. The lowest BCUT2D eigenvalue weighted by Crippen LogP contribution is -2.21. The van der Waals surface area contributed by atoms with Crippen LogP contribution in [0.2, 0.25) is 0 Å². The van der Waals surface area contributed by atoms with Crippen LogP contribution < -0.4 is 5.73 Å². The summed E-state index contributed by atoms with van der Waals surface area (Å²) < 4.78 is 6.13. The number of allylic oxidation sites excluding steroid dienone is 13. The second kappa shape index (κ2) is 10.1. The molecule has 0 bridgehead atoms. The summed E-state index contributed by atoms with van der Waals surface area (Å²) in [6.45, 7) is 12.7. The molecule has 0 atom stereocenters. The number of rotatable bonds is 4. The van der Waals surface area contributed by atoms with Crippen LogP contribution >= 0.6 is 0 Å². The van der Waals surface area contributed by atoms with E-state index >= 15 is 0 Å². The maximum absolute atomic E-state index is 9.15. The largest absolute Gasteiger partial charge is 0.465 e. The van der Waals surface area contributed by atoms with Gasteiger partial charge in [-0.25, -0.2) is 0 Å². The second-order valence-electron chi connectivity index (χ2n) is 8.76. The Labute approximate surface area is 179 Å². The summed E-state index contributed by atoms with van der Waals surface area (Å²) in [4.78, 5) is 0. The summed E-state index contributed by atoms with van der Waals surface area (Å²) in [5.74, 6) is 1.83. The molecule has 1 heterocycles. The maximum Gasteiger partial charge on any atom is 0.153 e. The molecule has 0 saturated carbocycles. The first-order chi connectivity index (χ1) is 13.9. The van der Waals surface area contributed by atoms with Crippen molar-refractivity contribution in [2.24, 2.45) is 16.6 Å². The average molecular weight is 401 g/mol. The third-order valence-electron chi connectivity index (χ3n) is 4.08. The fourth-order valence-corrected chi connectivity index (χ4v) is 2.27. The zero-order valence-electron chi connectivity index (χ0n) is 18.4. The molecule has 0 radical (unpaired) electrons. The van der Waals surface area contributed by atoms with Gasteiger partial charge in [0.1, 0.15) is 29.7 Å². The summed E-state index contributed by atoms with van der Waals surface area (Å²) in [5.41, 5.74) is 6.17. The highest BCUT2D eigenvalue weighted by Gasteiger charge is 2.28. The molecule has 0 unspecified atom stereocenters. The Kier molecular flexibility index (Phi) is 8.22. The van der Waals surface area contributed by atoms with Crippen molar-refractivity contribution in [3.8, 4) is 18.2 Å². The van der Waals surface area contributed by atoms with E-state index in [0.29, 0.717) is 0 Å². The van der Waals surface area contributed by atoms with Gasteiger partial charge in [-0.2, -0.15) is 15.8 Å². The zero-order chi connectivity index (χ0) is 22.9. The quantitative estimate of drug-likeness (QED) is 0.486. The van der Waals surface area contributed by atoms with Crippen LogP contribution in [0.4, 0.5) is 0 Å². The molecule has 0 spiro atoms. The monoisotopic (exact) mass is 400 g/mol. The summed E-state index contributed by atoms with van der Waals surface area (Å²) in [6, 6.07) is 5.24. The van der Waals surface area contributed by atoms with Crippen molar-refractivity contribution in [1.29, 1.82) is 15.8 Å². The van der Waals surface area contributed by atoms with Crippen molar-refractivity contribution < 1.29 is 4.74 Å². The van der Waals surface area contributed by atoms with Gasteiger partial charge in [-0.1, -0.05) is 71.9 Å². The summed E-state index contributed by atoms with van der Waals surface area (Å²) in [6.07, 6.45) is 14.6. The lowest BCUT2D eigenvalue weighted by Gasteiger charge is -2.32. The van der Waals surface area contributed by atoms with E-state index in [1.165, 1.54) is 6.08 Å². The second-order valence-corrected chi connectivity index (χ2v) is 8.76. The van der Waals surface area contributed by atoms with E-state index in [2.05, 4.69) is 41.5 Å². The van der Waals surface area contributed by atoms with E-state index in [9.17, 15) is 0 Å². The van der Waals surface area contributed by atoms with E-state index in [4.69, 9.17) is 26.3 Å². The van der Waals surface area contributed by atoms with Crippen molar-refractivity contribution >= 4 is 0 Å². The van der Waals surface area contributed by atoms with Gasteiger partial charge in [0.15, 0.2) is 5.57 Å². The van der Waals surface area contributed by atoms with Crippen molar-refractivity contribution in [3.05, 3.63) is 82.5 Å². The van der Waals surface area contributed by atoms with Crippen LogP contribution in [-0.4, -0.2) is 0 Å². The smallest absolute Gasteiger partial charge is 0.153 e. The van der Waals surface area contributed by atoms with E-state index in [1.54, 1.807) is 24.3 Å². The Morgan fingerprint density at radius 1 is 0.833 bits per heavy atom. The molecule has 1 aliphatic rings. The molecule has 5 nitrogen and oxygen atoms in total. The lowest BCUT2D eigenvalue weighted by molar-refractivity contribution is 0.161. The molecule has 1 rings (SSSR count). The first-order valence-corrected chi connectivity index (χ1v) is 9.52. The minimum atomic E-state index is -0.279. The van der Waals surface area contributed by atoms with E-state index in [1.807, 2.05) is 36.4 Å². The molecule has 154 valence electrons. The SMILES string of the molecule is CC(C)(C)C1=CC(=C/C=C/C=C/C=C(\C#N)C(N)=C(C#N)C#N)C=C(C(C)(C)C)O1. The number of nitrogens with two attached hydrogens (primary N) is 1. The Morgan fingerprint density at radius 3 is 1.77 bits per heavy atom. The molecule has 30 heavy (non-hydrogen) atoms. The van der Waals surface area contributed by atoms with Gasteiger partial charge in [-0.05, 0) is 23.8 Å². The zero-order valence-corrected chi connectivity index (χ0v) is 18.4. The molecule has 5 heteroatoms. The first-order valence-electron chi connectivity index (χ1n) is 9.52. The highest BCUT2D eigenvalue weighted by Crippen LogP contribution is 2.38. The third-order valence-corrected chi connectivity index (χ3v) is 4.08. The van der Waals surface area contributed by atoms with Gasteiger partial charge in [0.05, 0.1) is 11.3 Å². The van der Waals surface area contributed by atoms with Gasteiger partial charge in [-0.15, -0.1) is 0 Å². The van der Waals surface area contributed by atoms with Gasteiger partial charge in [0, 0.05) is 10.8 Å². The van der Waals surface area contributed by atoms with E-state index in [0.717, 1.165) is 17.1 Å². The van der Waals surface area contributed by atoms with Crippen LogP contribution in [0.15, 0.2) is 82.5 Å². The van der Waals surface area contributed by atoms with Gasteiger partial charge in [-0.3, -0.25) is 0 Å². The highest BCUT2D eigenvalue weighted by molar-refractivity contribution is 5.53. The van der Waals surface area contributed by atoms with Crippen LogP contribution in [0.3, 0.4) is 0 Å².